The third kappa shape index (κ3) is 2.85. The first-order valence-electron chi connectivity index (χ1n) is 4.36. The van der Waals surface area contributed by atoms with Crippen molar-refractivity contribution in [1.82, 2.24) is 0 Å². The number of hydrogen-bond acceptors (Lipinski definition) is 2. The molecule has 0 aliphatic heterocycles. The Labute approximate surface area is 90.3 Å². The van der Waals surface area contributed by atoms with Gasteiger partial charge in [-0.3, -0.25) is 4.79 Å². The van der Waals surface area contributed by atoms with Crippen molar-refractivity contribution >= 4 is 11.5 Å². The highest BCUT2D eigenvalue weighted by molar-refractivity contribution is 5.76. The van der Waals surface area contributed by atoms with Crippen LogP contribution in [0.1, 0.15) is 12.5 Å². The summed E-state index contributed by atoms with van der Waals surface area (Å²) in [5.74, 6) is -0.820. The Morgan fingerprint density at radius 2 is 1.88 bits per heavy atom. The van der Waals surface area contributed by atoms with Crippen LogP contribution in [0.4, 0.5) is 13.2 Å². The predicted octanol–water partition coefficient (Wildman–Crippen LogP) is 3.19. The van der Waals surface area contributed by atoms with Crippen LogP contribution in [-0.2, 0) is 4.79 Å². The van der Waals surface area contributed by atoms with Gasteiger partial charge in [-0.2, -0.15) is 13.2 Å². The summed E-state index contributed by atoms with van der Waals surface area (Å²) in [5, 5.41) is 0. The fraction of sp³-hybridized carbons (Fsp3) is 0.182. The molecule has 0 spiro atoms. The van der Waals surface area contributed by atoms with E-state index in [-0.39, 0.29) is 11.3 Å². The van der Waals surface area contributed by atoms with Gasteiger partial charge < -0.3 is 4.74 Å². The summed E-state index contributed by atoms with van der Waals surface area (Å²) in [6, 6.07) is 5.38. The van der Waals surface area contributed by atoms with Crippen molar-refractivity contribution in [3.05, 3.63) is 36.4 Å². The molecule has 0 saturated carbocycles. The Bertz CT molecular complexity index is 421. The largest absolute Gasteiger partial charge is 0.426 e. The van der Waals surface area contributed by atoms with Crippen LogP contribution in [-0.4, -0.2) is 12.1 Å². The van der Waals surface area contributed by atoms with Crippen LogP contribution in [0.5, 0.6) is 5.75 Å². The maximum atomic E-state index is 12.4. The Balaban J connectivity index is 3.13. The average Bonchev–Trinajstić information content (AvgIpc) is 2.15. The van der Waals surface area contributed by atoms with Crippen molar-refractivity contribution in [2.24, 2.45) is 0 Å². The van der Waals surface area contributed by atoms with Crippen LogP contribution in [0, 0.1) is 0 Å². The number of carbonyl (C=O) groups excluding carboxylic acids is 1. The molecule has 1 rings (SSSR count). The SMILES string of the molecule is C=C(c1ccccc1OC(C)=O)C(F)(F)F. The summed E-state index contributed by atoms with van der Waals surface area (Å²) >= 11 is 0. The van der Waals surface area contributed by atoms with Gasteiger partial charge in [0.2, 0.25) is 0 Å². The highest BCUT2D eigenvalue weighted by Gasteiger charge is 2.34. The first-order valence-corrected chi connectivity index (χ1v) is 4.36. The molecule has 5 heteroatoms. The quantitative estimate of drug-likeness (QED) is 0.576. The second-order valence-electron chi connectivity index (χ2n) is 3.07. The normalized spacial score (nSPS) is 11.0. The van der Waals surface area contributed by atoms with Gasteiger partial charge >= 0.3 is 12.1 Å². The molecule has 0 amide bonds. The zero-order chi connectivity index (χ0) is 12.3. The van der Waals surface area contributed by atoms with Gasteiger partial charge in [-0.05, 0) is 6.07 Å². The zero-order valence-electron chi connectivity index (χ0n) is 8.47. The number of ether oxygens (including phenoxy) is 1. The van der Waals surface area contributed by atoms with E-state index < -0.39 is 17.7 Å². The Morgan fingerprint density at radius 3 is 2.38 bits per heavy atom. The van der Waals surface area contributed by atoms with Gasteiger partial charge in [0.15, 0.2) is 0 Å². The van der Waals surface area contributed by atoms with E-state index in [0.29, 0.717) is 0 Å². The van der Waals surface area contributed by atoms with Crippen LogP contribution in [0.3, 0.4) is 0 Å². The number of esters is 1. The molecular weight excluding hydrogens is 221 g/mol. The van der Waals surface area contributed by atoms with Gasteiger partial charge in [0.1, 0.15) is 5.75 Å². The molecule has 0 aromatic heterocycles. The number of para-hydroxylation sites is 1. The zero-order valence-corrected chi connectivity index (χ0v) is 8.47. The molecule has 2 nitrogen and oxygen atoms in total. The van der Waals surface area contributed by atoms with E-state index in [1.165, 1.54) is 24.3 Å². The van der Waals surface area contributed by atoms with Crippen LogP contribution in [0.15, 0.2) is 30.8 Å². The maximum Gasteiger partial charge on any atom is 0.416 e. The van der Waals surface area contributed by atoms with E-state index in [1.807, 2.05) is 0 Å². The fourth-order valence-electron chi connectivity index (χ4n) is 1.11. The Hall–Kier alpha value is -1.78. The molecule has 1 aromatic carbocycles. The number of benzene rings is 1. The molecule has 0 heterocycles. The number of halogens is 3. The molecule has 0 aliphatic carbocycles. The summed E-state index contributed by atoms with van der Waals surface area (Å²) in [7, 11) is 0. The third-order valence-corrected chi connectivity index (χ3v) is 1.81. The average molecular weight is 230 g/mol. The lowest BCUT2D eigenvalue weighted by molar-refractivity contribution is -0.132. The molecular formula is C11H9F3O2. The van der Waals surface area contributed by atoms with Gasteiger partial charge in [-0.15, -0.1) is 0 Å². The molecule has 0 radical (unpaired) electrons. The van der Waals surface area contributed by atoms with Crippen molar-refractivity contribution in [3.8, 4) is 5.75 Å². The van der Waals surface area contributed by atoms with E-state index in [2.05, 4.69) is 11.3 Å². The molecule has 86 valence electrons. The third-order valence-electron chi connectivity index (χ3n) is 1.81. The number of allylic oxidation sites excluding steroid dienone is 1. The van der Waals surface area contributed by atoms with Gasteiger partial charge in [0.25, 0.3) is 0 Å². The molecule has 0 bridgehead atoms. The lowest BCUT2D eigenvalue weighted by atomic mass is 10.1. The molecule has 0 unspecified atom stereocenters. The van der Waals surface area contributed by atoms with Crippen molar-refractivity contribution in [1.29, 1.82) is 0 Å². The Morgan fingerprint density at radius 1 is 1.31 bits per heavy atom. The van der Waals surface area contributed by atoms with Gasteiger partial charge in [-0.1, -0.05) is 24.8 Å². The lowest BCUT2D eigenvalue weighted by Crippen LogP contribution is -2.12. The van der Waals surface area contributed by atoms with Crippen LogP contribution in [0.25, 0.3) is 5.57 Å². The van der Waals surface area contributed by atoms with Crippen molar-refractivity contribution in [2.75, 3.05) is 0 Å². The molecule has 0 atom stereocenters. The molecule has 0 fully saturated rings. The number of hydrogen-bond donors (Lipinski definition) is 0. The summed E-state index contributed by atoms with van der Waals surface area (Å²) in [6.07, 6.45) is -4.55. The van der Waals surface area contributed by atoms with Crippen molar-refractivity contribution in [2.45, 2.75) is 13.1 Å². The van der Waals surface area contributed by atoms with E-state index >= 15 is 0 Å². The minimum absolute atomic E-state index is 0.141. The van der Waals surface area contributed by atoms with E-state index in [4.69, 9.17) is 0 Å². The van der Waals surface area contributed by atoms with E-state index in [9.17, 15) is 18.0 Å². The maximum absolute atomic E-state index is 12.4. The van der Waals surface area contributed by atoms with Crippen LogP contribution in [0.2, 0.25) is 0 Å². The smallest absolute Gasteiger partial charge is 0.416 e. The molecule has 0 N–H and O–H groups in total. The highest BCUT2D eigenvalue weighted by atomic mass is 19.4. The first kappa shape index (κ1) is 12.3. The fourth-order valence-corrected chi connectivity index (χ4v) is 1.11. The van der Waals surface area contributed by atoms with E-state index in [1.54, 1.807) is 0 Å². The lowest BCUT2D eigenvalue weighted by Gasteiger charge is -2.13. The minimum atomic E-state index is -4.55. The molecule has 0 aliphatic rings. The molecule has 0 saturated heterocycles. The summed E-state index contributed by atoms with van der Waals surface area (Å²) in [5.41, 5.74) is -1.27. The van der Waals surface area contributed by atoms with Crippen molar-refractivity contribution < 1.29 is 22.7 Å². The van der Waals surface area contributed by atoms with Crippen molar-refractivity contribution in [3.63, 3.8) is 0 Å². The van der Waals surface area contributed by atoms with Gasteiger partial charge in [-0.25, -0.2) is 0 Å². The number of carbonyl (C=O) groups is 1. The molecule has 16 heavy (non-hydrogen) atoms. The monoisotopic (exact) mass is 230 g/mol. The summed E-state index contributed by atoms with van der Waals surface area (Å²) < 4.78 is 41.9. The summed E-state index contributed by atoms with van der Waals surface area (Å²) in [4.78, 5) is 10.7. The van der Waals surface area contributed by atoms with Gasteiger partial charge in [0.05, 0.1) is 5.57 Å². The standard InChI is InChI=1S/C11H9F3O2/c1-7(11(12,13)14)9-5-3-4-6-10(9)16-8(2)15/h3-6H,1H2,2H3. The highest BCUT2D eigenvalue weighted by Crippen LogP contribution is 2.36. The number of alkyl halides is 3. The Kier molecular flexibility index (Phi) is 3.37. The minimum Gasteiger partial charge on any atom is -0.426 e. The van der Waals surface area contributed by atoms with Gasteiger partial charge in [0, 0.05) is 12.5 Å². The first-order chi connectivity index (χ1) is 7.32. The second-order valence-corrected chi connectivity index (χ2v) is 3.07. The predicted molar refractivity (Wildman–Crippen MR) is 52.8 cm³/mol. The van der Waals surface area contributed by atoms with Crippen LogP contribution >= 0.6 is 0 Å². The summed E-state index contributed by atoms with van der Waals surface area (Å²) in [6.45, 7) is 4.07. The second kappa shape index (κ2) is 4.38. The number of rotatable bonds is 2. The topological polar surface area (TPSA) is 26.3 Å². The van der Waals surface area contributed by atoms with Crippen LogP contribution < -0.4 is 4.74 Å². The molecule has 1 aromatic rings. The van der Waals surface area contributed by atoms with E-state index in [0.717, 1.165) is 6.92 Å².